The summed E-state index contributed by atoms with van der Waals surface area (Å²) in [4.78, 5) is 16.2. The number of hydrogen-bond donors (Lipinski definition) is 2. The van der Waals surface area contributed by atoms with Crippen molar-refractivity contribution >= 4 is 5.91 Å². The van der Waals surface area contributed by atoms with Crippen LogP contribution in [-0.2, 0) is 6.18 Å². The van der Waals surface area contributed by atoms with Gasteiger partial charge in [-0.25, -0.2) is 9.67 Å². The zero-order valence-electron chi connectivity index (χ0n) is 14.2. The summed E-state index contributed by atoms with van der Waals surface area (Å²) in [5.74, 6) is -0.125. The molecule has 0 bridgehead atoms. The summed E-state index contributed by atoms with van der Waals surface area (Å²) in [5, 5.41) is 9.83. The quantitative estimate of drug-likeness (QED) is 0.781. The number of hydrogen-bond acceptors (Lipinski definition) is 4. The molecule has 2 heterocycles. The number of rotatable bonds is 6. The monoisotopic (exact) mass is 355 g/mol. The second kappa shape index (κ2) is 7.64. The number of carbonyl (C=O) groups is 1. The maximum Gasteiger partial charge on any atom is 0.417 e. The third-order valence-corrected chi connectivity index (χ3v) is 3.55. The molecule has 0 unspecified atom stereocenters. The van der Waals surface area contributed by atoms with Crippen molar-refractivity contribution in [1.82, 2.24) is 25.4 Å². The van der Waals surface area contributed by atoms with Gasteiger partial charge in [-0.3, -0.25) is 4.79 Å². The fourth-order valence-electron chi connectivity index (χ4n) is 2.35. The highest BCUT2D eigenvalue weighted by atomic mass is 19.4. The molecule has 0 aliphatic rings. The van der Waals surface area contributed by atoms with E-state index in [1.54, 1.807) is 7.05 Å². The van der Waals surface area contributed by atoms with E-state index in [2.05, 4.69) is 20.7 Å². The number of pyridine rings is 1. The van der Waals surface area contributed by atoms with Gasteiger partial charge in [0.1, 0.15) is 0 Å². The molecule has 136 valence electrons. The number of nitrogens with one attached hydrogen (secondary N) is 2. The van der Waals surface area contributed by atoms with Crippen molar-refractivity contribution in [1.29, 1.82) is 0 Å². The van der Waals surface area contributed by atoms with Crippen molar-refractivity contribution < 1.29 is 18.0 Å². The molecule has 0 aromatic carbocycles. The van der Waals surface area contributed by atoms with Crippen molar-refractivity contribution in [3.63, 3.8) is 0 Å². The van der Waals surface area contributed by atoms with Crippen molar-refractivity contribution in [2.75, 3.05) is 20.1 Å². The van der Waals surface area contributed by atoms with Crippen LogP contribution in [0.2, 0.25) is 0 Å². The van der Waals surface area contributed by atoms with Crippen LogP contribution in [0, 0.1) is 0 Å². The lowest BCUT2D eigenvalue weighted by Gasteiger charge is -2.13. The largest absolute Gasteiger partial charge is 0.417 e. The predicted octanol–water partition coefficient (Wildman–Crippen LogP) is 2.36. The minimum atomic E-state index is -4.45. The molecule has 2 aromatic heterocycles. The second-order valence-corrected chi connectivity index (χ2v) is 5.77. The fourth-order valence-corrected chi connectivity index (χ4v) is 2.35. The highest BCUT2D eigenvalue weighted by molar-refractivity contribution is 5.95. The van der Waals surface area contributed by atoms with Gasteiger partial charge in [-0.15, -0.1) is 0 Å². The summed E-state index contributed by atoms with van der Waals surface area (Å²) in [6.45, 7) is 4.83. The Kier molecular flexibility index (Phi) is 5.78. The molecule has 0 aliphatic carbocycles. The van der Waals surface area contributed by atoms with Crippen LogP contribution in [0.15, 0.2) is 24.5 Å². The summed E-state index contributed by atoms with van der Waals surface area (Å²) >= 11 is 0. The Bertz CT molecular complexity index is 722. The molecule has 1 amide bonds. The number of halogens is 3. The van der Waals surface area contributed by atoms with E-state index >= 15 is 0 Å². The molecule has 6 nitrogen and oxygen atoms in total. The molecule has 0 spiro atoms. The number of nitrogens with zero attached hydrogens (tertiary/aromatic N) is 3. The van der Waals surface area contributed by atoms with Gasteiger partial charge < -0.3 is 10.6 Å². The SMILES string of the molecule is CNCCNC(=O)c1cnn(-c2ccc(C(F)(F)F)cn2)c1C(C)C. The first kappa shape index (κ1) is 18.9. The lowest BCUT2D eigenvalue weighted by molar-refractivity contribution is -0.137. The zero-order valence-corrected chi connectivity index (χ0v) is 14.2. The average Bonchev–Trinajstić information content (AvgIpc) is 2.99. The highest BCUT2D eigenvalue weighted by Crippen LogP contribution is 2.29. The normalized spacial score (nSPS) is 11.8. The third kappa shape index (κ3) is 4.36. The van der Waals surface area contributed by atoms with Crippen LogP contribution in [0.25, 0.3) is 5.82 Å². The van der Waals surface area contributed by atoms with Gasteiger partial charge in [-0.2, -0.15) is 18.3 Å². The summed E-state index contributed by atoms with van der Waals surface area (Å²) < 4.78 is 39.4. The summed E-state index contributed by atoms with van der Waals surface area (Å²) in [7, 11) is 1.78. The van der Waals surface area contributed by atoms with Crippen LogP contribution >= 0.6 is 0 Å². The number of alkyl halides is 3. The van der Waals surface area contributed by atoms with Crippen LogP contribution in [0.1, 0.15) is 41.4 Å². The van der Waals surface area contributed by atoms with Crippen molar-refractivity contribution in [3.8, 4) is 5.82 Å². The summed E-state index contributed by atoms with van der Waals surface area (Å²) in [5.41, 5.74) is 0.140. The van der Waals surface area contributed by atoms with Gasteiger partial charge in [0.15, 0.2) is 5.82 Å². The van der Waals surface area contributed by atoms with Gasteiger partial charge in [0.2, 0.25) is 0 Å². The Labute approximate surface area is 143 Å². The molecule has 2 aromatic rings. The van der Waals surface area contributed by atoms with E-state index in [4.69, 9.17) is 0 Å². The zero-order chi connectivity index (χ0) is 18.6. The Morgan fingerprint density at radius 1 is 1.24 bits per heavy atom. The molecule has 2 rings (SSSR count). The lowest BCUT2D eigenvalue weighted by atomic mass is 10.1. The van der Waals surface area contributed by atoms with Crippen molar-refractivity contribution in [3.05, 3.63) is 41.3 Å². The maximum atomic E-state index is 12.7. The number of amides is 1. The van der Waals surface area contributed by atoms with Crippen molar-refractivity contribution in [2.24, 2.45) is 0 Å². The lowest BCUT2D eigenvalue weighted by Crippen LogP contribution is -2.31. The molecule has 0 aliphatic heterocycles. The molecular weight excluding hydrogens is 335 g/mol. The molecule has 2 N–H and O–H groups in total. The van der Waals surface area contributed by atoms with Gasteiger partial charge >= 0.3 is 6.18 Å². The minimum Gasteiger partial charge on any atom is -0.351 e. The molecule has 0 radical (unpaired) electrons. The Hall–Kier alpha value is -2.42. The highest BCUT2D eigenvalue weighted by Gasteiger charge is 2.31. The van der Waals surface area contributed by atoms with E-state index in [1.165, 1.54) is 16.9 Å². The Morgan fingerprint density at radius 3 is 2.48 bits per heavy atom. The smallest absolute Gasteiger partial charge is 0.351 e. The molecule has 25 heavy (non-hydrogen) atoms. The van der Waals surface area contributed by atoms with Gasteiger partial charge in [-0.1, -0.05) is 13.8 Å². The second-order valence-electron chi connectivity index (χ2n) is 5.77. The van der Waals surface area contributed by atoms with Gasteiger partial charge in [0.25, 0.3) is 5.91 Å². The molecule has 0 fully saturated rings. The van der Waals surface area contributed by atoms with Crippen molar-refractivity contribution in [2.45, 2.75) is 25.9 Å². The van der Waals surface area contributed by atoms with E-state index in [0.717, 1.165) is 12.3 Å². The van der Waals surface area contributed by atoms with Gasteiger partial charge in [0.05, 0.1) is 23.0 Å². The van der Waals surface area contributed by atoms with Crippen LogP contribution in [0.3, 0.4) is 0 Å². The third-order valence-electron chi connectivity index (χ3n) is 3.55. The number of likely N-dealkylation sites (N-methyl/N-ethyl adjacent to an activating group) is 1. The van der Waals surface area contributed by atoms with Crippen LogP contribution < -0.4 is 10.6 Å². The predicted molar refractivity (Wildman–Crippen MR) is 86.7 cm³/mol. The van der Waals surface area contributed by atoms with E-state index in [9.17, 15) is 18.0 Å². The topological polar surface area (TPSA) is 71.8 Å². The number of carbonyl (C=O) groups excluding carboxylic acids is 1. The fraction of sp³-hybridized carbons (Fsp3) is 0.438. The summed E-state index contributed by atoms with van der Waals surface area (Å²) in [6, 6.07) is 2.19. The first-order chi connectivity index (χ1) is 11.8. The van der Waals surface area contributed by atoms with Gasteiger partial charge in [-0.05, 0) is 25.1 Å². The van der Waals surface area contributed by atoms with E-state index in [-0.39, 0.29) is 17.6 Å². The van der Waals surface area contributed by atoms with Crippen LogP contribution in [-0.4, -0.2) is 40.8 Å². The molecule has 0 saturated heterocycles. The van der Waals surface area contributed by atoms with Gasteiger partial charge in [0, 0.05) is 19.3 Å². The minimum absolute atomic E-state index is 0.0726. The Balaban J connectivity index is 2.34. The average molecular weight is 355 g/mol. The first-order valence-corrected chi connectivity index (χ1v) is 7.80. The molecule has 9 heteroatoms. The van der Waals surface area contributed by atoms with E-state index < -0.39 is 11.7 Å². The van der Waals surface area contributed by atoms with Crippen LogP contribution in [0.5, 0.6) is 0 Å². The molecular formula is C16H20F3N5O. The Morgan fingerprint density at radius 2 is 1.96 bits per heavy atom. The maximum absolute atomic E-state index is 12.7. The summed E-state index contributed by atoms with van der Waals surface area (Å²) in [6.07, 6.45) is -2.29. The number of aromatic nitrogens is 3. The first-order valence-electron chi connectivity index (χ1n) is 7.80. The molecule has 0 saturated carbocycles. The van der Waals surface area contributed by atoms with E-state index in [0.29, 0.717) is 24.3 Å². The van der Waals surface area contributed by atoms with E-state index in [1.807, 2.05) is 13.8 Å². The molecule has 0 atom stereocenters. The standard InChI is InChI=1S/C16H20F3N5O/c1-10(2)14-12(15(25)21-7-6-20-3)9-23-24(14)13-5-4-11(8-22-13)16(17,18)19/h4-5,8-10,20H,6-7H2,1-3H3,(H,21,25). The van der Waals surface area contributed by atoms with Crippen LogP contribution in [0.4, 0.5) is 13.2 Å².